The van der Waals surface area contributed by atoms with E-state index in [2.05, 4.69) is 5.32 Å². The van der Waals surface area contributed by atoms with Crippen LogP contribution < -0.4 is 5.32 Å². The van der Waals surface area contributed by atoms with E-state index in [-0.39, 0.29) is 0 Å². The van der Waals surface area contributed by atoms with Crippen molar-refractivity contribution >= 4 is 10.2 Å². The molecule has 1 unspecified atom stereocenters. The predicted octanol–water partition coefficient (Wildman–Crippen LogP) is 1.28. The highest BCUT2D eigenvalue weighted by molar-refractivity contribution is 7.86. The highest BCUT2D eigenvalue weighted by Crippen LogP contribution is 2.35. The Bertz CT molecular complexity index is 430. The SMILES string of the molecule is CNCC1CCCN(S(=O)(=O)N(CC2CC2)CC2CC2)C1. The molecule has 0 amide bonds. The van der Waals surface area contributed by atoms with E-state index in [4.69, 9.17) is 0 Å². The van der Waals surface area contributed by atoms with Gasteiger partial charge in [-0.25, -0.2) is 0 Å². The van der Waals surface area contributed by atoms with E-state index in [1.807, 2.05) is 11.4 Å². The molecular weight excluding hydrogens is 286 g/mol. The van der Waals surface area contributed by atoms with Gasteiger partial charge in [-0.3, -0.25) is 0 Å². The lowest BCUT2D eigenvalue weighted by molar-refractivity contribution is 0.240. The Morgan fingerprint density at radius 2 is 1.67 bits per heavy atom. The lowest BCUT2D eigenvalue weighted by Gasteiger charge is -2.35. The normalized spacial score (nSPS) is 28.2. The molecule has 0 aromatic heterocycles. The fourth-order valence-corrected chi connectivity index (χ4v) is 5.18. The van der Waals surface area contributed by atoms with Gasteiger partial charge < -0.3 is 5.32 Å². The van der Waals surface area contributed by atoms with Crippen LogP contribution in [0.2, 0.25) is 0 Å². The molecule has 1 atom stereocenters. The summed E-state index contributed by atoms with van der Waals surface area (Å²) >= 11 is 0. The van der Waals surface area contributed by atoms with E-state index < -0.39 is 10.2 Å². The lowest BCUT2D eigenvalue weighted by atomic mass is 10.00. The molecule has 0 bridgehead atoms. The zero-order valence-electron chi connectivity index (χ0n) is 13.1. The first kappa shape index (κ1) is 15.7. The van der Waals surface area contributed by atoms with Crippen molar-refractivity contribution in [1.82, 2.24) is 13.9 Å². The number of hydrogen-bond donors (Lipinski definition) is 1. The van der Waals surface area contributed by atoms with Gasteiger partial charge in [0.2, 0.25) is 0 Å². The van der Waals surface area contributed by atoms with E-state index in [9.17, 15) is 8.42 Å². The Labute approximate surface area is 129 Å². The second-order valence-corrected chi connectivity index (χ2v) is 9.06. The summed E-state index contributed by atoms with van der Waals surface area (Å²) in [6.45, 7) is 3.82. The quantitative estimate of drug-likeness (QED) is 0.734. The van der Waals surface area contributed by atoms with Gasteiger partial charge in [0.15, 0.2) is 0 Å². The molecule has 3 fully saturated rings. The van der Waals surface area contributed by atoms with Crippen molar-refractivity contribution < 1.29 is 8.42 Å². The second-order valence-electron chi connectivity index (χ2n) is 7.14. The van der Waals surface area contributed by atoms with E-state index >= 15 is 0 Å². The van der Waals surface area contributed by atoms with Gasteiger partial charge in [-0.1, -0.05) is 0 Å². The molecule has 1 heterocycles. The van der Waals surface area contributed by atoms with Crippen LogP contribution in [0.4, 0.5) is 0 Å². The van der Waals surface area contributed by atoms with E-state index in [0.717, 1.165) is 32.5 Å². The Balaban J connectivity index is 1.66. The minimum absolute atomic E-state index is 0.460. The highest BCUT2D eigenvalue weighted by atomic mass is 32.2. The van der Waals surface area contributed by atoms with Crippen LogP contribution in [0.3, 0.4) is 0 Å². The number of nitrogens with zero attached hydrogens (tertiary/aromatic N) is 2. The molecule has 2 saturated carbocycles. The third-order valence-corrected chi connectivity index (χ3v) is 6.88. The van der Waals surface area contributed by atoms with E-state index in [1.54, 1.807) is 4.31 Å². The molecule has 1 N–H and O–H groups in total. The maximum atomic E-state index is 13.0. The highest BCUT2D eigenvalue weighted by Gasteiger charge is 2.39. The van der Waals surface area contributed by atoms with Crippen molar-refractivity contribution in [3.8, 4) is 0 Å². The van der Waals surface area contributed by atoms with Crippen LogP contribution >= 0.6 is 0 Å². The van der Waals surface area contributed by atoms with Gasteiger partial charge in [-0.15, -0.1) is 0 Å². The third-order valence-electron chi connectivity index (χ3n) is 4.94. The van der Waals surface area contributed by atoms with Crippen LogP contribution in [0.1, 0.15) is 38.5 Å². The minimum atomic E-state index is -3.25. The Morgan fingerprint density at radius 1 is 1.05 bits per heavy atom. The van der Waals surface area contributed by atoms with E-state index in [1.165, 1.54) is 25.7 Å². The van der Waals surface area contributed by atoms with Crippen molar-refractivity contribution in [3.05, 3.63) is 0 Å². The molecule has 3 rings (SSSR count). The summed E-state index contributed by atoms with van der Waals surface area (Å²) in [6, 6.07) is 0. The number of piperidine rings is 1. The van der Waals surface area contributed by atoms with Gasteiger partial charge in [0.25, 0.3) is 10.2 Å². The standard InChI is InChI=1S/C15H29N3O2S/c1-16-9-15-3-2-8-17(12-15)21(19,20)18(10-13-4-5-13)11-14-6-7-14/h13-16H,2-12H2,1H3. The average Bonchev–Trinajstić information content (AvgIpc) is 3.34. The first-order valence-electron chi connectivity index (χ1n) is 8.49. The molecule has 1 aliphatic heterocycles. The molecule has 122 valence electrons. The monoisotopic (exact) mass is 315 g/mol. The van der Waals surface area contributed by atoms with Crippen molar-refractivity contribution in [2.24, 2.45) is 17.8 Å². The number of rotatable bonds is 8. The first-order chi connectivity index (χ1) is 10.1. The summed E-state index contributed by atoms with van der Waals surface area (Å²) in [6.07, 6.45) is 6.96. The number of hydrogen-bond acceptors (Lipinski definition) is 3. The predicted molar refractivity (Wildman–Crippen MR) is 84.2 cm³/mol. The second kappa shape index (κ2) is 6.52. The summed E-state index contributed by atoms with van der Waals surface area (Å²) in [5, 5.41) is 3.19. The van der Waals surface area contributed by atoms with Gasteiger partial charge in [0.1, 0.15) is 0 Å². The maximum Gasteiger partial charge on any atom is 0.282 e. The van der Waals surface area contributed by atoms with Crippen LogP contribution in [-0.2, 0) is 10.2 Å². The van der Waals surface area contributed by atoms with Crippen LogP contribution in [0.15, 0.2) is 0 Å². The smallest absolute Gasteiger partial charge is 0.282 e. The summed E-state index contributed by atoms with van der Waals surface area (Å²) in [7, 11) is -1.30. The van der Waals surface area contributed by atoms with Gasteiger partial charge in [0.05, 0.1) is 0 Å². The fraction of sp³-hybridized carbons (Fsp3) is 1.00. The minimum Gasteiger partial charge on any atom is -0.319 e. The molecular formula is C15H29N3O2S. The molecule has 0 radical (unpaired) electrons. The molecule has 2 aliphatic carbocycles. The van der Waals surface area contributed by atoms with Gasteiger partial charge in [0, 0.05) is 26.2 Å². The van der Waals surface area contributed by atoms with Crippen molar-refractivity contribution in [1.29, 1.82) is 0 Å². The van der Waals surface area contributed by atoms with Crippen molar-refractivity contribution in [2.75, 3.05) is 39.8 Å². The van der Waals surface area contributed by atoms with Crippen LogP contribution in [0.5, 0.6) is 0 Å². The molecule has 0 spiro atoms. The van der Waals surface area contributed by atoms with Crippen LogP contribution in [0, 0.1) is 17.8 Å². The number of nitrogens with one attached hydrogen (secondary N) is 1. The summed E-state index contributed by atoms with van der Waals surface area (Å²) in [5.74, 6) is 1.70. The van der Waals surface area contributed by atoms with Crippen molar-refractivity contribution in [3.63, 3.8) is 0 Å². The summed E-state index contributed by atoms with van der Waals surface area (Å²) in [4.78, 5) is 0. The summed E-state index contributed by atoms with van der Waals surface area (Å²) < 4.78 is 29.5. The summed E-state index contributed by atoms with van der Waals surface area (Å²) in [5.41, 5.74) is 0. The van der Waals surface area contributed by atoms with Crippen LogP contribution in [0.25, 0.3) is 0 Å². The molecule has 3 aliphatic rings. The van der Waals surface area contributed by atoms with Gasteiger partial charge >= 0.3 is 0 Å². The topological polar surface area (TPSA) is 52.7 Å². The Morgan fingerprint density at radius 3 is 2.19 bits per heavy atom. The molecule has 1 saturated heterocycles. The Kier molecular flexibility index (Phi) is 4.88. The first-order valence-corrected chi connectivity index (χ1v) is 9.89. The molecule has 21 heavy (non-hydrogen) atoms. The zero-order chi connectivity index (χ0) is 14.9. The molecule has 0 aromatic rings. The van der Waals surface area contributed by atoms with Crippen molar-refractivity contribution in [2.45, 2.75) is 38.5 Å². The molecule has 6 heteroatoms. The third kappa shape index (κ3) is 4.18. The average molecular weight is 315 g/mol. The fourth-order valence-electron chi connectivity index (χ4n) is 3.29. The van der Waals surface area contributed by atoms with Gasteiger partial charge in [-0.05, 0) is 69.9 Å². The molecule has 0 aromatic carbocycles. The lowest BCUT2D eigenvalue weighted by Crippen LogP contribution is -2.50. The van der Waals surface area contributed by atoms with Gasteiger partial charge in [-0.2, -0.15) is 17.0 Å². The zero-order valence-corrected chi connectivity index (χ0v) is 13.9. The van der Waals surface area contributed by atoms with Crippen LogP contribution in [-0.4, -0.2) is 56.8 Å². The largest absolute Gasteiger partial charge is 0.319 e. The maximum absolute atomic E-state index is 13.0. The Hall–Kier alpha value is -0.170. The molecule has 5 nitrogen and oxygen atoms in total. The van der Waals surface area contributed by atoms with E-state index in [0.29, 0.717) is 30.8 Å².